The molecule has 0 bridgehead atoms. The summed E-state index contributed by atoms with van der Waals surface area (Å²) < 4.78 is 22.4. The quantitative estimate of drug-likeness (QED) is 0.440. The summed E-state index contributed by atoms with van der Waals surface area (Å²) in [4.78, 5) is 11.9. The van der Waals surface area contributed by atoms with E-state index in [1.165, 1.54) is 6.21 Å². The van der Waals surface area contributed by atoms with Crippen LogP contribution in [0.3, 0.4) is 0 Å². The molecule has 0 saturated carbocycles. The van der Waals surface area contributed by atoms with Crippen LogP contribution in [0.15, 0.2) is 46.0 Å². The van der Waals surface area contributed by atoms with Crippen molar-refractivity contribution >= 4 is 28.1 Å². The van der Waals surface area contributed by atoms with E-state index in [1.807, 2.05) is 19.9 Å². The molecule has 0 saturated heterocycles. The normalized spacial score (nSPS) is 10.6. The number of amides is 1. The van der Waals surface area contributed by atoms with Crippen molar-refractivity contribution in [2.75, 3.05) is 26.9 Å². The number of ether oxygens (including phenoxy) is 4. The maximum absolute atomic E-state index is 11.9. The van der Waals surface area contributed by atoms with Crippen molar-refractivity contribution in [1.82, 2.24) is 5.43 Å². The second-order valence-electron chi connectivity index (χ2n) is 5.45. The summed E-state index contributed by atoms with van der Waals surface area (Å²) in [5.74, 6) is 2.14. The smallest absolute Gasteiger partial charge is 0.277 e. The van der Waals surface area contributed by atoms with Crippen LogP contribution in [0.4, 0.5) is 0 Å². The number of benzene rings is 2. The number of nitrogens with one attached hydrogen (secondary N) is 1. The van der Waals surface area contributed by atoms with Gasteiger partial charge in [0.05, 0.1) is 31.0 Å². The van der Waals surface area contributed by atoms with E-state index in [0.29, 0.717) is 30.5 Å². The number of carbonyl (C=O) groups excluding carboxylic acids is 1. The summed E-state index contributed by atoms with van der Waals surface area (Å²) in [6.45, 7) is 4.77. The van der Waals surface area contributed by atoms with Crippen LogP contribution in [0.1, 0.15) is 19.4 Å². The molecule has 28 heavy (non-hydrogen) atoms. The Hall–Kier alpha value is -2.74. The molecular weight excluding hydrogens is 428 g/mol. The highest BCUT2D eigenvalue weighted by Gasteiger charge is 2.10. The van der Waals surface area contributed by atoms with E-state index in [4.69, 9.17) is 18.9 Å². The van der Waals surface area contributed by atoms with E-state index < -0.39 is 0 Å². The fraction of sp³-hybridized carbons (Fsp3) is 0.300. The first-order valence-corrected chi connectivity index (χ1v) is 9.54. The zero-order valence-corrected chi connectivity index (χ0v) is 17.6. The maximum atomic E-state index is 11.9. The van der Waals surface area contributed by atoms with Gasteiger partial charge in [0.2, 0.25) is 0 Å². The van der Waals surface area contributed by atoms with Crippen molar-refractivity contribution in [3.63, 3.8) is 0 Å². The van der Waals surface area contributed by atoms with Crippen molar-refractivity contribution in [3.05, 3.63) is 46.4 Å². The van der Waals surface area contributed by atoms with E-state index in [9.17, 15) is 4.79 Å². The molecule has 1 N–H and O–H groups in total. The molecule has 0 unspecified atom stereocenters. The second-order valence-corrected chi connectivity index (χ2v) is 6.31. The summed E-state index contributed by atoms with van der Waals surface area (Å²) in [6.07, 6.45) is 1.51. The van der Waals surface area contributed by atoms with Crippen LogP contribution in [0.5, 0.6) is 23.0 Å². The molecule has 0 fully saturated rings. The number of methoxy groups -OCH3 is 1. The molecule has 2 aromatic rings. The molecule has 2 aromatic carbocycles. The lowest BCUT2D eigenvalue weighted by molar-refractivity contribution is -0.123. The van der Waals surface area contributed by atoms with Gasteiger partial charge in [0.25, 0.3) is 5.91 Å². The van der Waals surface area contributed by atoms with Crippen molar-refractivity contribution in [1.29, 1.82) is 0 Å². The van der Waals surface area contributed by atoms with Crippen molar-refractivity contribution in [2.45, 2.75) is 13.8 Å². The number of nitrogens with zero attached hydrogens (tertiary/aromatic N) is 1. The van der Waals surface area contributed by atoms with Crippen LogP contribution in [0.2, 0.25) is 0 Å². The third-order valence-electron chi connectivity index (χ3n) is 3.45. The number of hydrazone groups is 1. The Kier molecular flexibility index (Phi) is 8.61. The van der Waals surface area contributed by atoms with Crippen LogP contribution < -0.4 is 24.4 Å². The summed E-state index contributed by atoms with van der Waals surface area (Å²) in [6, 6.07) is 10.6. The van der Waals surface area contributed by atoms with E-state index in [2.05, 4.69) is 26.5 Å². The largest absolute Gasteiger partial charge is 0.494 e. The van der Waals surface area contributed by atoms with Crippen molar-refractivity contribution in [2.24, 2.45) is 5.10 Å². The first kappa shape index (κ1) is 21.6. The van der Waals surface area contributed by atoms with Gasteiger partial charge in [-0.15, -0.1) is 0 Å². The average molecular weight is 451 g/mol. The van der Waals surface area contributed by atoms with Gasteiger partial charge in [0, 0.05) is 0 Å². The fourth-order valence-electron chi connectivity index (χ4n) is 2.26. The zero-order chi connectivity index (χ0) is 20.4. The third kappa shape index (κ3) is 6.45. The number of rotatable bonds is 10. The molecule has 1 amide bonds. The van der Waals surface area contributed by atoms with Crippen LogP contribution in [0, 0.1) is 0 Å². The highest BCUT2D eigenvalue weighted by atomic mass is 79.9. The molecule has 0 aliphatic rings. The zero-order valence-electron chi connectivity index (χ0n) is 16.0. The first-order chi connectivity index (χ1) is 13.6. The van der Waals surface area contributed by atoms with Crippen LogP contribution in [-0.2, 0) is 4.79 Å². The first-order valence-electron chi connectivity index (χ1n) is 8.75. The molecule has 2 rings (SSSR count). The molecule has 150 valence electrons. The minimum absolute atomic E-state index is 0.151. The van der Waals surface area contributed by atoms with Gasteiger partial charge in [-0.05, 0) is 71.7 Å². The molecule has 7 nitrogen and oxygen atoms in total. The Morgan fingerprint density at radius 3 is 2.32 bits per heavy atom. The molecule has 0 aliphatic carbocycles. The minimum atomic E-state index is -0.373. The monoisotopic (exact) mass is 450 g/mol. The highest BCUT2D eigenvalue weighted by molar-refractivity contribution is 9.10. The van der Waals surface area contributed by atoms with Gasteiger partial charge in [-0.25, -0.2) is 5.43 Å². The van der Waals surface area contributed by atoms with Gasteiger partial charge in [-0.3, -0.25) is 4.79 Å². The van der Waals surface area contributed by atoms with Crippen LogP contribution in [-0.4, -0.2) is 39.1 Å². The fourth-order valence-corrected chi connectivity index (χ4v) is 2.83. The molecule has 0 atom stereocenters. The summed E-state index contributed by atoms with van der Waals surface area (Å²) >= 11 is 3.44. The van der Waals surface area contributed by atoms with Gasteiger partial charge in [-0.1, -0.05) is 0 Å². The number of carbonyl (C=O) groups is 1. The van der Waals surface area contributed by atoms with Gasteiger partial charge in [-0.2, -0.15) is 5.10 Å². The molecule has 0 aromatic heterocycles. The Morgan fingerprint density at radius 2 is 1.71 bits per heavy atom. The molecule has 0 spiro atoms. The van der Waals surface area contributed by atoms with Gasteiger partial charge < -0.3 is 18.9 Å². The van der Waals surface area contributed by atoms with Gasteiger partial charge in [0.1, 0.15) is 11.5 Å². The lowest BCUT2D eigenvalue weighted by atomic mass is 10.2. The summed E-state index contributed by atoms with van der Waals surface area (Å²) in [5.41, 5.74) is 3.16. The number of hydrogen-bond donors (Lipinski definition) is 1. The number of hydrogen-bond acceptors (Lipinski definition) is 6. The standard InChI is InChI=1S/C20H23BrN2O5/c1-4-26-15-6-8-16(9-7-15)28-13-19(24)23-22-12-14-10-17(21)20(27-5-2)18(11-14)25-3/h6-12H,4-5,13H2,1-3H3,(H,23,24)/b22-12+. The lowest BCUT2D eigenvalue weighted by Gasteiger charge is -2.12. The summed E-state index contributed by atoms with van der Waals surface area (Å²) in [7, 11) is 1.56. The predicted octanol–water partition coefficient (Wildman–Crippen LogP) is 3.78. The van der Waals surface area contributed by atoms with Crippen LogP contribution >= 0.6 is 15.9 Å². The highest BCUT2D eigenvalue weighted by Crippen LogP contribution is 2.36. The van der Waals surface area contributed by atoms with E-state index in [-0.39, 0.29) is 12.5 Å². The minimum Gasteiger partial charge on any atom is -0.494 e. The van der Waals surface area contributed by atoms with Crippen LogP contribution in [0.25, 0.3) is 0 Å². The second kappa shape index (κ2) is 11.2. The van der Waals surface area contributed by atoms with E-state index in [0.717, 1.165) is 15.8 Å². The topological polar surface area (TPSA) is 78.4 Å². The Bertz CT molecular complexity index is 809. The molecule has 8 heteroatoms. The third-order valence-corrected chi connectivity index (χ3v) is 4.04. The van der Waals surface area contributed by atoms with Crippen molar-refractivity contribution < 1.29 is 23.7 Å². The molecule has 0 aliphatic heterocycles. The number of halogens is 1. The Morgan fingerprint density at radius 1 is 1.07 bits per heavy atom. The van der Waals surface area contributed by atoms with Gasteiger partial charge >= 0.3 is 0 Å². The Labute approximate surface area is 172 Å². The van der Waals surface area contributed by atoms with Gasteiger partial charge in [0.15, 0.2) is 18.1 Å². The SMILES string of the molecule is CCOc1ccc(OCC(=O)N/N=C/c2cc(Br)c(OCC)c(OC)c2)cc1. The molecule has 0 heterocycles. The van der Waals surface area contributed by atoms with E-state index >= 15 is 0 Å². The van der Waals surface area contributed by atoms with E-state index in [1.54, 1.807) is 37.4 Å². The lowest BCUT2D eigenvalue weighted by Crippen LogP contribution is -2.24. The predicted molar refractivity (Wildman–Crippen MR) is 111 cm³/mol. The van der Waals surface area contributed by atoms with Crippen molar-refractivity contribution in [3.8, 4) is 23.0 Å². The molecular formula is C20H23BrN2O5. The molecule has 0 radical (unpaired) electrons. The summed E-state index contributed by atoms with van der Waals surface area (Å²) in [5, 5.41) is 3.94. The average Bonchev–Trinajstić information content (AvgIpc) is 2.69. The Balaban J connectivity index is 1.88. The maximum Gasteiger partial charge on any atom is 0.277 e.